The second-order valence-electron chi connectivity index (χ2n) is 2.88. The van der Waals surface area contributed by atoms with Crippen LogP contribution in [0.1, 0.15) is 0 Å². The van der Waals surface area contributed by atoms with Gasteiger partial charge in [0.15, 0.2) is 0 Å². The Hall–Kier alpha value is -2.27. The predicted molar refractivity (Wildman–Crippen MR) is 63.1 cm³/mol. The third-order valence-electron chi connectivity index (χ3n) is 1.87. The van der Waals surface area contributed by atoms with Crippen LogP contribution in [0.4, 0.5) is 0 Å². The van der Waals surface area contributed by atoms with Gasteiger partial charge in [0, 0.05) is 11.7 Å². The molecule has 0 bridgehead atoms. The molecule has 0 amide bonds. The van der Waals surface area contributed by atoms with Gasteiger partial charge in [0.25, 0.3) is 0 Å². The van der Waals surface area contributed by atoms with Crippen LogP contribution in [0.25, 0.3) is 10.9 Å². The third kappa shape index (κ3) is 3.14. The maximum absolute atomic E-state index is 3.42. The van der Waals surface area contributed by atoms with E-state index in [-0.39, 0.29) is 6.15 Å². The molecule has 0 unspecified atom stereocenters. The number of aromatic nitrogens is 4. The standard InChI is InChI=1S/C8H7N.C3H3N3.H3N/c1-2-4-8-7(3-1)5-6-9-8;1-2-4-6-5-3-1;/h1-6,9H;1-3H;1H3. The molecule has 3 rings (SSSR count). The number of rotatable bonds is 0. The minimum absolute atomic E-state index is 0. The number of aromatic amines is 1. The van der Waals surface area contributed by atoms with Gasteiger partial charge in [0.05, 0.1) is 12.4 Å². The van der Waals surface area contributed by atoms with Crippen LogP contribution in [0.3, 0.4) is 0 Å². The molecule has 5 nitrogen and oxygen atoms in total. The first kappa shape index (κ1) is 11.8. The highest BCUT2D eigenvalue weighted by Gasteiger charge is 1.86. The summed E-state index contributed by atoms with van der Waals surface area (Å²) in [6.45, 7) is 0. The fourth-order valence-electron chi connectivity index (χ4n) is 1.20. The van der Waals surface area contributed by atoms with Crippen molar-refractivity contribution in [2.75, 3.05) is 0 Å². The Bertz CT molecular complexity index is 449. The van der Waals surface area contributed by atoms with Crippen LogP contribution in [0.15, 0.2) is 55.0 Å². The van der Waals surface area contributed by atoms with E-state index in [0.717, 1.165) is 0 Å². The number of benzene rings is 1. The molecule has 2 heterocycles. The largest absolute Gasteiger partial charge is 0.361 e. The van der Waals surface area contributed by atoms with Crippen molar-refractivity contribution >= 4 is 10.9 Å². The lowest BCUT2D eigenvalue weighted by molar-refractivity contribution is 0.865. The van der Waals surface area contributed by atoms with Crippen molar-refractivity contribution in [1.82, 2.24) is 26.5 Å². The highest BCUT2D eigenvalue weighted by molar-refractivity contribution is 5.78. The molecular weight excluding hydrogens is 202 g/mol. The SMILES string of the molecule is N.c1ccc2[nH]ccc2c1.c1cnnnc1. The maximum Gasteiger partial charge on any atom is 0.0529 e. The average Bonchev–Trinajstić information content (AvgIpc) is 2.80. The first-order valence-corrected chi connectivity index (χ1v) is 4.57. The predicted octanol–water partition coefficient (Wildman–Crippen LogP) is 2.20. The Morgan fingerprint density at radius 3 is 2.19 bits per heavy atom. The van der Waals surface area contributed by atoms with Gasteiger partial charge >= 0.3 is 0 Å². The van der Waals surface area contributed by atoms with E-state index in [9.17, 15) is 0 Å². The van der Waals surface area contributed by atoms with Crippen molar-refractivity contribution in [3.63, 3.8) is 0 Å². The molecule has 3 aromatic rings. The molecule has 82 valence electrons. The molecule has 4 N–H and O–H groups in total. The van der Waals surface area contributed by atoms with E-state index in [1.807, 2.05) is 18.3 Å². The molecule has 0 aliphatic heterocycles. The monoisotopic (exact) mass is 215 g/mol. The number of H-pyrrole nitrogens is 1. The summed E-state index contributed by atoms with van der Waals surface area (Å²) < 4.78 is 0. The summed E-state index contributed by atoms with van der Waals surface area (Å²) >= 11 is 0. The van der Waals surface area contributed by atoms with Crippen molar-refractivity contribution in [2.45, 2.75) is 0 Å². The third-order valence-corrected chi connectivity index (χ3v) is 1.87. The Balaban J connectivity index is 0.000000162. The highest BCUT2D eigenvalue weighted by atomic mass is 15.3. The number of nitrogens with one attached hydrogen (secondary N) is 1. The molecule has 5 heteroatoms. The zero-order valence-electron chi connectivity index (χ0n) is 8.74. The molecule has 1 aromatic carbocycles. The summed E-state index contributed by atoms with van der Waals surface area (Å²) in [5.74, 6) is 0. The van der Waals surface area contributed by atoms with Gasteiger partial charge < -0.3 is 11.1 Å². The van der Waals surface area contributed by atoms with Crippen molar-refractivity contribution in [3.05, 3.63) is 55.0 Å². The van der Waals surface area contributed by atoms with E-state index in [0.29, 0.717) is 0 Å². The van der Waals surface area contributed by atoms with E-state index >= 15 is 0 Å². The number of para-hydroxylation sites is 1. The molecule has 0 aliphatic carbocycles. The fourth-order valence-corrected chi connectivity index (χ4v) is 1.20. The average molecular weight is 215 g/mol. The summed E-state index contributed by atoms with van der Waals surface area (Å²) in [6.07, 6.45) is 5.10. The second kappa shape index (κ2) is 6.26. The molecule has 2 aromatic heterocycles. The van der Waals surface area contributed by atoms with E-state index in [4.69, 9.17) is 0 Å². The van der Waals surface area contributed by atoms with Crippen LogP contribution >= 0.6 is 0 Å². The maximum atomic E-state index is 3.42. The van der Waals surface area contributed by atoms with Crippen molar-refractivity contribution in [2.24, 2.45) is 0 Å². The second-order valence-corrected chi connectivity index (χ2v) is 2.88. The summed E-state index contributed by atoms with van der Waals surface area (Å²) in [5, 5.41) is 11.4. The van der Waals surface area contributed by atoms with Crippen molar-refractivity contribution < 1.29 is 0 Å². The normalized spacial score (nSPS) is 8.75. The van der Waals surface area contributed by atoms with Gasteiger partial charge in [-0.05, 0) is 28.8 Å². The lowest BCUT2D eigenvalue weighted by Crippen LogP contribution is -1.78. The van der Waals surface area contributed by atoms with Gasteiger partial charge in [-0.1, -0.05) is 18.2 Å². The summed E-state index contributed by atoms with van der Waals surface area (Å²) in [6, 6.07) is 12.0. The fraction of sp³-hybridized carbons (Fsp3) is 0. The lowest BCUT2D eigenvalue weighted by atomic mass is 10.3. The Morgan fingerprint density at radius 1 is 0.875 bits per heavy atom. The summed E-state index contributed by atoms with van der Waals surface area (Å²) in [7, 11) is 0. The van der Waals surface area contributed by atoms with E-state index in [1.165, 1.54) is 10.9 Å². The Morgan fingerprint density at radius 2 is 1.62 bits per heavy atom. The van der Waals surface area contributed by atoms with Crippen LogP contribution < -0.4 is 6.15 Å². The minimum Gasteiger partial charge on any atom is -0.361 e. The molecule has 0 saturated carbocycles. The molecule has 0 spiro atoms. The van der Waals surface area contributed by atoms with E-state index in [2.05, 4.69) is 38.6 Å². The van der Waals surface area contributed by atoms with Gasteiger partial charge in [0.1, 0.15) is 0 Å². The van der Waals surface area contributed by atoms with Gasteiger partial charge in [-0.2, -0.15) is 0 Å². The topological polar surface area (TPSA) is 89.5 Å². The Labute approximate surface area is 93.1 Å². The quantitative estimate of drug-likeness (QED) is 0.601. The molecule has 0 radical (unpaired) electrons. The Kier molecular flexibility index (Phi) is 4.62. The van der Waals surface area contributed by atoms with Crippen LogP contribution in [0.5, 0.6) is 0 Å². The molecule has 0 saturated heterocycles. The molecule has 0 aliphatic rings. The summed E-state index contributed by atoms with van der Waals surface area (Å²) in [5.41, 5.74) is 1.21. The van der Waals surface area contributed by atoms with Crippen LogP contribution in [-0.4, -0.2) is 20.4 Å². The van der Waals surface area contributed by atoms with Crippen LogP contribution in [0.2, 0.25) is 0 Å². The summed E-state index contributed by atoms with van der Waals surface area (Å²) in [4.78, 5) is 3.12. The van der Waals surface area contributed by atoms with Crippen molar-refractivity contribution in [1.29, 1.82) is 0 Å². The molecule has 16 heavy (non-hydrogen) atoms. The number of nitrogens with zero attached hydrogens (tertiary/aromatic N) is 3. The van der Waals surface area contributed by atoms with Gasteiger partial charge in [-0.25, -0.2) is 0 Å². The van der Waals surface area contributed by atoms with Crippen LogP contribution in [0, 0.1) is 0 Å². The highest BCUT2D eigenvalue weighted by Crippen LogP contribution is 2.09. The van der Waals surface area contributed by atoms with Gasteiger partial charge in [-0.15, -0.1) is 10.2 Å². The lowest BCUT2D eigenvalue weighted by Gasteiger charge is -1.83. The van der Waals surface area contributed by atoms with Gasteiger partial charge in [0.2, 0.25) is 0 Å². The van der Waals surface area contributed by atoms with E-state index in [1.54, 1.807) is 18.5 Å². The zero-order chi connectivity index (χ0) is 10.3. The molecule has 0 fully saturated rings. The van der Waals surface area contributed by atoms with Crippen LogP contribution in [-0.2, 0) is 0 Å². The molecular formula is C11H13N5. The minimum atomic E-state index is 0. The zero-order valence-corrected chi connectivity index (χ0v) is 8.74. The first-order chi connectivity index (χ1) is 7.47. The number of hydrogen-bond acceptors (Lipinski definition) is 4. The van der Waals surface area contributed by atoms with Gasteiger partial charge in [-0.3, -0.25) is 0 Å². The number of hydrogen-bond donors (Lipinski definition) is 2. The smallest absolute Gasteiger partial charge is 0.0529 e. The van der Waals surface area contributed by atoms with Crippen molar-refractivity contribution in [3.8, 4) is 0 Å². The number of fused-ring (bicyclic) bond motifs is 1. The van der Waals surface area contributed by atoms with E-state index < -0.39 is 0 Å². The molecule has 0 atom stereocenters. The first-order valence-electron chi connectivity index (χ1n) is 4.57.